The first kappa shape index (κ1) is 14.7. The van der Waals surface area contributed by atoms with Gasteiger partial charge in [-0.2, -0.15) is 0 Å². The van der Waals surface area contributed by atoms with Crippen LogP contribution in [0.15, 0.2) is 60.7 Å². The molecule has 5 heteroatoms. The second-order valence-corrected chi connectivity index (χ2v) is 4.64. The van der Waals surface area contributed by atoms with Gasteiger partial charge in [-0.15, -0.1) is 0 Å². The molecular formula is C16H17N3O2. The molecule has 2 amide bonds. The first-order chi connectivity index (χ1) is 10.1. The first-order valence-electron chi connectivity index (χ1n) is 6.54. The van der Waals surface area contributed by atoms with Gasteiger partial charge in [0.05, 0.1) is 0 Å². The van der Waals surface area contributed by atoms with Gasteiger partial charge in [-0.25, -0.2) is 0 Å². The highest BCUT2D eigenvalue weighted by Crippen LogP contribution is 2.15. The normalized spacial score (nSPS) is 13.2. The highest BCUT2D eigenvalue weighted by atomic mass is 16.2. The van der Waals surface area contributed by atoms with Gasteiger partial charge in [-0.1, -0.05) is 60.7 Å². The van der Waals surface area contributed by atoms with Gasteiger partial charge in [0, 0.05) is 0 Å². The molecule has 108 valence electrons. The molecule has 0 bridgehead atoms. The van der Waals surface area contributed by atoms with Crippen molar-refractivity contribution < 1.29 is 9.59 Å². The molecule has 5 N–H and O–H groups in total. The van der Waals surface area contributed by atoms with E-state index in [1.165, 1.54) is 0 Å². The summed E-state index contributed by atoms with van der Waals surface area (Å²) in [5.74, 6) is -1.08. The van der Waals surface area contributed by atoms with Crippen LogP contribution in [-0.4, -0.2) is 11.8 Å². The zero-order valence-corrected chi connectivity index (χ0v) is 11.4. The van der Waals surface area contributed by atoms with Crippen molar-refractivity contribution in [3.05, 3.63) is 71.8 Å². The Labute approximate surface area is 123 Å². The number of amides is 2. The Hall–Kier alpha value is -2.66. The van der Waals surface area contributed by atoms with Gasteiger partial charge in [-0.3, -0.25) is 9.59 Å². The van der Waals surface area contributed by atoms with E-state index in [1.54, 1.807) is 48.5 Å². The van der Waals surface area contributed by atoms with Gasteiger partial charge in [0.15, 0.2) is 0 Å². The number of nitrogens with two attached hydrogens (primary N) is 2. The summed E-state index contributed by atoms with van der Waals surface area (Å²) in [6.07, 6.45) is 0. The highest BCUT2D eigenvalue weighted by Gasteiger charge is 2.23. The fourth-order valence-electron chi connectivity index (χ4n) is 2.01. The molecule has 0 saturated carbocycles. The smallest absolute Gasteiger partial charge is 0.244 e. The third-order valence-corrected chi connectivity index (χ3v) is 3.15. The van der Waals surface area contributed by atoms with Gasteiger partial charge >= 0.3 is 0 Å². The largest absolute Gasteiger partial charge is 0.368 e. The van der Waals surface area contributed by atoms with Gasteiger partial charge in [0.2, 0.25) is 11.8 Å². The number of hydrogen-bond acceptors (Lipinski definition) is 3. The molecule has 0 aliphatic heterocycles. The third kappa shape index (κ3) is 3.67. The summed E-state index contributed by atoms with van der Waals surface area (Å²) in [6.45, 7) is 0. The van der Waals surface area contributed by atoms with Crippen LogP contribution in [0.5, 0.6) is 0 Å². The van der Waals surface area contributed by atoms with E-state index >= 15 is 0 Å². The predicted octanol–water partition coefficient (Wildman–Crippen LogP) is 1.03. The molecule has 2 atom stereocenters. The fourth-order valence-corrected chi connectivity index (χ4v) is 2.01. The summed E-state index contributed by atoms with van der Waals surface area (Å²) in [7, 11) is 0. The summed E-state index contributed by atoms with van der Waals surface area (Å²) < 4.78 is 0. The highest BCUT2D eigenvalue weighted by molar-refractivity contribution is 5.90. The molecule has 2 aromatic rings. The summed E-state index contributed by atoms with van der Waals surface area (Å²) in [4.78, 5) is 23.7. The van der Waals surface area contributed by atoms with Crippen molar-refractivity contribution in [1.82, 2.24) is 5.32 Å². The van der Waals surface area contributed by atoms with E-state index in [0.29, 0.717) is 11.1 Å². The molecule has 0 radical (unpaired) electrons. The lowest BCUT2D eigenvalue weighted by Gasteiger charge is -2.19. The van der Waals surface area contributed by atoms with Crippen LogP contribution in [0.1, 0.15) is 23.2 Å². The molecule has 2 aromatic carbocycles. The number of primary amides is 1. The maximum Gasteiger partial charge on any atom is 0.244 e. The molecule has 0 aromatic heterocycles. The molecule has 21 heavy (non-hydrogen) atoms. The molecule has 5 nitrogen and oxygen atoms in total. The topological polar surface area (TPSA) is 98.2 Å². The predicted molar refractivity (Wildman–Crippen MR) is 79.9 cm³/mol. The number of benzene rings is 2. The molecule has 0 saturated heterocycles. The lowest BCUT2D eigenvalue weighted by molar-refractivity contribution is -0.128. The fraction of sp³-hybridized carbons (Fsp3) is 0.125. The second kappa shape index (κ2) is 6.67. The van der Waals surface area contributed by atoms with Crippen LogP contribution < -0.4 is 16.8 Å². The van der Waals surface area contributed by atoms with E-state index < -0.39 is 23.9 Å². The minimum atomic E-state index is -0.895. The van der Waals surface area contributed by atoms with Crippen molar-refractivity contribution in [3.8, 4) is 0 Å². The Kier molecular flexibility index (Phi) is 4.68. The molecule has 2 unspecified atom stereocenters. The first-order valence-corrected chi connectivity index (χ1v) is 6.54. The third-order valence-electron chi connectivity index (χ3n) is 3.15. The Morgan fingerprint density at radius 1 is 0.857 bits per heavy atom. The summed E-state index contributed by atoms with van der Waals surface area (Å²) >= 11 is 0. The number of nitrogens with one attached hydrogen (secondary N) is 1. The van der Waals surface area contributed by atoms with Crippen LogP contribution in [0.3, 0.4) is 0 Å². The van der Waals surface area contributed by atoms with Crippen molar-refractivity contribution in [2.75, 3.05) is 0 Å². The van der Waals surface area contributed by atoms with Gasteiger partial charge in [0.1, 0.15) is 12.1 Å². The van der Waals surface area contributed by atoms with E-state index in [4.69, 9.17) is 11.5 Å². The Balaban J connectivity index is 2.14. The van der Waals surface area contributed by atoms with Gasteiger partial charge in [-0.05, 0) is 11.1 Å². The number of carbonyl (C=O) groups is 2. The lowest BCUT2D eigenvalue weighted by Crippen LogP contribution is -2.41. The molecule has 0 fully saturated rings. The maximum atomic E-state index is 12.2. The van der Waals surface area contributed by atoms with Crippen LogP contribution in [0.2, 0.25) is 0 Å². The molecule has 2 rings (SSSR count). The number of rotatable bonds is 5. The van der Waals surface area contributed by atoms with Gasteiger partial charge < -0.3 is 16.8 Å². The quantitative estimate of drug-likeness (QED) is 0.764. The summed E-state index contributed by atoms with van der Waals surface area (Å²) in [5, 5.41) is 2.59. The van der Waals surface area contributed by atoms with E-state index in [-0.39, 0.29) is 0 Å². The zero-order valence-electron chi connectivity index (χ0n) is 11.4. The lowest BCUT2D eigenvalue weighted by atomic mass is 10.0. The molecule has 0 heterocycles. The minimum Gasteiger partial charge on any atom is -0.368 e. The van der Waals surface area contributed by atoms with Crippen LogP contribution in [0, 0.1) is 0 Å². The average Bonchev–Trinajstić information content (AvgIpc) is 2.53. The molecule has 0 aliphatic carbocycles. The van der Waals surface area contributed by atoms with Crippen molar-refractivity contribution >= 4 is 11.8 Å². The standard InChI is InChI=1S/C16H17N3O2/c17-13(11-7-3-1-4-8-11)16(21)19-14(15(18)20)12-9-5-2-6-10-12/h1-10,13-14H,17H2,(H2,18,20)(H,19,21). The van der Waals surface area contributed by atoms with Crippen molar-refractivity contribution in [2.24, 2.45) is 11.5 Å². The second-order valence-electron chi connectivity index (χ2n) is 4.64. The monoisotopic (exact) mass is 283 g/mol. The van der Waals surface area contributed by atoms with Crippen LogP contribution in [-0.2, 0) is 9.59 Å². The van der Waals surface area contributed by atoms with Gasteiger partial charge in [0.25, 0.3) is 0 Å². The number of hydrogen-bond donors (Lipinski definition) is 3. The molecular weight excluding hydrogens is 266 g/mol. The van der Waals surface area contributed by atoms with Crippen LogP contribution >= 0.6 is 0 Å². The van der Waals surface area contributed by atoms with Crippen molar-refractivity contribution in [3.63, 3.8) is 0 Å². The van der Waals surface area contributed by atoms with Crippen molar-refractivity contribution in [2.45, 2.75) is 12.1 Å². The molecule has 0 spiro atoms. The zero-order chi connectivity index (χ0) is 15.2. The number of carbonyl (C=O) groups excluding carboxylic acids is 2. The SMILES string of the molecule is NC(=O)C(NC(=O)C(N)c1ccccc1)c1ccccc1. The Morgan fingerprint density at radius 2 is 1.33 bits per heavy atom. The van der Waals surface area contributed by atoms with E-state index in [9.17, 15) is 9.59 Å². The van der Waals surface area contributed by atoms with E-state index in [0.717, 1.165) is 0 Å². The molecule has 0 aliphatic rings. The van der Waals surface area contributed by atoms with Crippen LogP contribution in [0.4, 0.5) is 0 Å². The minimum absolute atomic E-state index is 0.450. The van der Waals surface area contributed by atoms with E-state index in [1.807, 2.05) is 12.1 Å². The van der Waals surface area contributed by atoms with Crippen LogP contribution in [0.25, 0.3) is 0 Å². The summed E-state index contributed by atoms with van der Waals surface area (Å²) in [6, 6.07) is 16.0. The summed E-state index contributed by atoms with van der Waals surface area (Å²) in [5.41, 5.74) is 12.6. The van der Waals surface area contributed by atoms with E-state index in [2.05, 4.69) is 5.32 Å². The Morgan fingerprint density at radius 3 is 1.81 bits per heavy atom. The Bertz CT molecular complexity index is 614. The van der Waals surface area contributed by atoms with Crippen molar-refractivity contribution in [1.29, 1.82) is 0 Å². The average molecular weight is 283 g/mol. The maximum absolute atomic E-state index is 12.2.